The second-order valence-corrected chi connectivity index (χ2v) is 6.03. The average Bonchev–Trinajstić information content (AvgIpc) is 2.58. The van der Waals surface area contributed by atoms with Crippen LogP contribution in [0, 0.1) is 0 Å². The summed E-state index contributed by atoms with van der Waals surface area (Å²) >= 11 is 0. The van der Waals surface area contributed by atoms with Gasteiger partial charge in [0.25, 0.3) is 0 Å². The molecule has 0 aliphatic carbocycles. The van der Waals surface area contributed by atoms with Crippen molar-refractivity contribution in [2.75, 3.05) is 0 Å². The van der Waals surface area contributed by atoms with Crippen LogP contribution in [0.3, 0.4) is 0 Å². The molecule has 2 aromatic carbocycles. The zero-order valence-corrected chi connectivity index (χ0v) is 13.9. The Bertz CT molecular complexity index is 715. The molecule has 128 valence electrons. The van der Waals surface area contributed by atoms with E-state index >= 15 is 0 Å². The Kier molecular flexibility index (Phi) is 6.32. The highest BCUT2D eigenvalue weighted by Crippen LogP contribution is 2.17. The smallest absolute Gasteiger partial charge is 0.326 e. The number of fused-ring (bicyclic) bond motifs is 1. The van der Waals surface area contributed by atoms with Crippen molar-refractivity contribution < 1.29 is 14.7 Å². The molecule has 0 bridgehead atoms. The summed E-state index contributed by atoms with van der Waals surface area (Å²) in [5.74, 6) is -1.46. The van der Waals surface area contributed by atoms with Gasteiger partial charge >= 0.3 is 5.97 Å². The van der Waals surface area contributed by atoms with E-state index in [0.29, 0.717) is 6.42 Å². The fraction of sp³-hybridized carbons (Fsp3) is 0.368. The lowest BCUT2D eigenvalue weighted by Crippen LogP contribution is -2.49. The maximum atomic E-state index is 12.1. The number of unbranched alkanes of at least 4 members (excludes halogenated alkanes) is 1. The number of carbonyl (C=O) groups is 2. The third-order valence-corrected chi connectivity index (χ3v) is 4.07. The number of hydrogen-bond acceptors (Lipinski definition) is 3. The first-order chi connectivity index (χ1) is 11.5. The first kappa shape index (κ1) is 17.9. The van der Waals surface area contributed by atoms with Gasteiger partial charge in [0.15, 0.2) is 0 Å². The van der Waals surface area contributed by atoms with E-state index in [2.05, 4.69) is 5.32 Å². The topological polar surface area (TPSA) is 92.4 Å². The second-order valence-electron chi connectivity index (χ2n) is 6.03. The predicted octanol–water partition coefficient (Wildman–Crippen LogP) is 2.47. The van der Waals surface area contributed by atoms with Crippen LogP contribution in [0.5, 0.6) is 0 Å². The van der Waals surface area contributed by atoms with Gasteiger partial charge in [0.1, 0.15) is 6.04 Å². The third kappa shape index (κ3) is 4.80. The predicted molar refractivity (Wildman–Crippen MR) is 94.7 cm³/mol. The highest BCUT2D eigenvalue weighted by molar-refractivity contribution is 5.87. The molecule has 1 amide bonds. The molecule has 24 heavy (non-hydrogen) atoms. The van der Waals surface area contributed by atoms with Gasteiger partial charge in [-0.25, -0.2) is 4.79 Å². The van der Waals surface area contributed by atoms with Crippen molar-refractivity contribution in [3.63, 3.8) is 0 Å². The maximum Gasteiger partial charge on any atom is 0.326 e. The number of benzene rings is 2. The molecule has 2 aromatic rings. The van der Waals surface area contributed by atoms with Gasteiger partial charge in [-0.15, -0.1) is 0 Å². The molecule has 0 heterocycles. The number of nitrogens with one attached hydrogen (secondary N) is 1. The summed E-state index contributed by atoms with van der Waals surface area (Å²) < 4.78 is 0. The summed E-state index contributed by atoms with van der Waals surface area (Å²) in [6.07, 6.45) is 2.58. The molecule has 0 aromatic heterocycles. The Balaban J connectivity index is 2.07. The van der Waals surface area contributed by atoms with Crippen LogP contribution in [0.4, 0.5) is 0 Å². The van der Waals surface area contributed by atoms with Gasteiger partial charge in [-0.05, 0) is 22.8 Å². The molecule has 5 nitrogen and oxygen atoms in total. The van der Waals surface area contributed by atoms with Crippen molar-refractivity contribution in [1.29, 1.82) is 0 Å². The van der Waals surface area contributed by atoms with Crippen molar-refractivity contribution in [3.8, 4) is 0 Å². The summed E-state index contributed by atoms with van der Waals surface area (Å²) in [7, 11) is 0. The summed E-state index contributed by atoms with van der Waals surface area (Å²) in [6, 6.07) is 12.0. The number of nitrogens with two attached hydrogens (primary N) is 1. The van der Waals surface area contributed by atoms with Crippen molar-refractivity contribution in [1.82, 2.24) is 5.32 Å². The molecule has 0 fully saturated rings. The molecule has 2 atom stereocenters. The lowest BCUT2D eigenvalue weighted by Gasteiger charge is -2.18. The fourth-order valence-corrected chi connectivity index (χ4v) is 2.64. The van der Waals surface area contributed by atoms with Crippen LogP contribution in [-0.2, 0) is 16.0 Å². The number of amides is 1. The van der Waals surface area contributed by atoms with Crippen LogP contribution in [0.25, 0.3) is 10.8 Å². The highest BCUT2D eigenvalue weighted by Gasteiger charge is 2.23. The molecule has 0 aliphatic rings. The molecule has 4 N–H and O–H groups in total. The maximum absolute atomic E-state index is 12.1. The number of rotatable bonds is 8. The molecule has 0 saturated heterocycles. The van der Waals surface area contributed by atoms with E-state index in [1.54, 1.807) is 0 Å². The highest BCUT2D eigenvalue weighted by atomic mass is 16.4. The van der Waals surface area contributed by atoms with Crippen molar-refractivity contribution in [3.05, 3.63) is 48.0 Å². The van der Waals surface area contributed by atoms with Crippen LogP contribution in [0.15, 0.2) is 42.5 Å². The molecule has 0 aliphatic heterocycles. The molecular weight excluding hydrogens is 304 g/mol. The van der Waals surface area contributed by atoms with E-state index in [1.807, 2.05) is 49.4 Å². The van der Waals surface area contributed by atoms with Crippen LogP contribution >= 0.6 is 0 Å². The largest absolute Gasteiger partial charge is 0.480 e. The Morgan fingerprint density at radius 2 is 1.88 bits per heavy atom. The summed E-state index contributed by atoms with van der Waals surface area (Å²) in [4.78, 5) is 23.6. The zero-order chi connectivity index (χ0) is 17.5. The Hall–Kier alpha value is -2.40. The van der Waals surface area contributed by atoms with Crippen LogP contribution in [0.1, 0.15) is 31.7 Å². The van der Waals surface area contributed by atoms with E-state index < -0.39 is 24.0 Å². The zero-order valence-electron chi connectivity index (χ0n) is 13.9. The number of carbonyl (C=O) groups excluding carboxylic acids is 1. The van der Waals surface area contributed by atoms with Gasteiger partial charge in [0, 0.05) is 6.42 Å². The molecular formula is C19H24N2O3. The molecule has 0 spiro atoms. The van der Waals surface area contributed by atoms with Gasteiger partial charge in [-0.2, -0.15) is 0 Å². The van der Waals surface area contributed by atoms with E-state index in [-0.39, 0.29) is 6.42 Å². The molecule has 5 heteroatoms. The molecule has 0 unspecified atom stereocenters. The SMILES string of the molecule is CCCC[C@H](N)C(=O)N[C@@H](Cc1ccc2ccccc2c1)C(=O)O. The first-order valence-electron chi connectivity index (χ1n) is 8.27. The standard InChI is InChI=1S/C19H24N2O3/c1-2-3-8-16(20)18(22)21-17(19(23)24)12-13-9-10-14-6-4-5-7-15(14)11-13/h4-7,9-11,16-17H,2-3,8,12,20H2,1H3,(H,21,22)(H,23,24)/t16-,17-/m0/s1. The van der Waals surface area contributed by atoms with E-state index in [1.165, 1.54) is 0 Å². The van der Waals surface area contributed by atoms with Crippen LogP contribution < -0.4 is 11.1 Å². The van der Waals surface area contributed by atoms with E-state index in [0.717, 1.165) is 29.2 Å². The number of carboxylic acids is 1. The summed E-state index contributed by atoms with van der Waals surface area (Å²) in [6.45, 7) is 2.02. The lowest BCUT2D eigenvalue weighted by atomic mass is 10.0. The Morgan fingerprint density at radius 3 is 2.54 bits per heavy atom. The summed E-state index contributed by atoms with van der Waals surface area (Å²) in [5.41, 5.74) is 6.68. The number of carboxylic acid groups (broad SMARTS) is 1. The van der Waals surface area contributed by atoms with Gasteiger partial charge in [-0.1, -0.05) is 62.2 Å². The minimum absolute atomic E-state index is 0.229. The van der Waals surface area contributed by atoms with Gasteiger partial charge in [-0.3, -0.25) is 4.79 Å². The number of hydrogen-bond donors (Lipinski definition) is 3. The van der Waals surface area contributed by atoms with Crippen molar-refractivity contribution in [2.45, 2.75) is 44.7 Å². The Labute approximate surface area is 141 Å². The minimum Gasteiger partial charge on any atom is -0.480 e. The van der Waals surface area contributed by atoms with Crippen LogP contribution in [-0.4, -0.2) is 29.1 Å². The second kappa shape index (κ2) is 8.45. The van der Waals surface area contributed by atoms with Gasteiger partial charge < -0.3 is 16.2 Å². The number of aliphatic carboxylic acids is 1. The van der Waals surface area contributed by atoms with Crippen molar-refractivity contribution >= 4 is 22.6 Å². The first-order valence-corrected chi connectivity index (χ1v) is 8.27. The fourth-order valence-electron chi connectivity index (χ4n) is 2.64. The molecule has 0 radical (unpaired) electrons. The monoisotopic (exact) mass is 328 g/mol. The van der Waals surface area contributed by atoms with E-state index in [4.69, 9.17) is 5.73 Å². The summed E-state index contributed by atoms with van der Waals surface area (Å²) in [5, 5.41) is 14.1. The normalized spacial score (nSPS) is 13.4. The molecule has 2 rings (SSSR count). The minimum atomic E-state index is -1.06. The van der Waals surface area contributed by atoms with Crippen LogP contribution in [0.2, 0.25) is 0 Å². The lowest BCUT2D eigenvalue weighted by molar-refractivity contribution is -0.142. The average molecular weight is 328 g/mol. The van der Waals surface area contributed by atoms with Crippen molar-refractivity contribution in [2.24, 2.45) is 5.73 Å². The molecule has 0 saturated carbocycles. The van der Waals surface area contributed by atoms with Gasteiger partial charge in [0.2, 0.25) is 5.91 Å². The van der Waals surface area contributed by atoms with E-state index in [9.17, 15) is 14.7 Å². The Morgan fingerprint density at radius 1 is 1.17 bits per heavy atom. The quantitative estimate of drug-likeness (QED) is 0.694. The van der Waals surface area contributed by atoms with Gasteiger partial charge in [0.05, 0.1) is 6.04 Å². The third-order valence-electron chi connectivity index (χ3n) is 4.07.